The number of halogens is 1. The van der Waals surface area contributed by atoms with Gasteiger partial charge in [0.25, 0.3) is 0 Å². The van der Waals surface area contributed by atoms with Crippen LogP contribution in [0.3, 0.4) is 0 Å². The molecule has 1 unspecified atom stereocenters. The molecule has 0 aliphatic rings. The van der Waals surface area contributed by atoms with E-state index >= 15 is 0 Å². The van der Waals surface area contributed by atoms with E-state index in [0.717, 1.165) is 23.8 Å². The number of aliphatic hydroxyl groups is 1. The molecule has 2 aromatic rings. The lowest BCUT2D eigenvalue weighted by Gasteiger charge is -2.14. The summed E-state index contributed by atoms with van der Waals surface area (Å²) in [6.45, 7) is 8.87. The maximum absolute atomic E-state index is 10.2. The van der Waals surface area contributed by atoms with Crippen molar-refractivity contribution >= 4 is 28.9 Å². The van der Waals surface area contributed by atoms with Crippen LogP contribution in [0.4, 0.5) is 0 Å². The molecule has 1 atom stereocenters. The van der Waals surface area contributed by atoms with Crippen LogP contribution < -0.4 is 10.6 Å². The molecule has 0 spiro atoms. The van der Waals surface area contributed by atoms with Crippen molar-refractivity contribution in [2.24, 2.45) is 10.9 Å². The van der Waals surface area contributed by atoms with Crippen molar-refractivity contribution in [1.82, 2.24) is 20.2 Å². The summed E-state index contributed by atoms with van der Waals surface area (Å²) in [6.07, 6.45) is 3.16. The van der Waals surface area contributed by atoms with Crippen LogP contribution in [0.5, 0.6) is 0 Å². The zero-order valence-corrected chi connectivity index (χ0v) is 16.4. The lowest BCUT2D eigenvalue weighted by molar-refractivity contribution is 0.184. The first-order valence-electron chi connectivity index (χ1n) is 8.45. The van der Waals surface area contributed by atoms with Crippen LogP contribution in [0, 0.1) is 5.92 Å². The second-order valence-electron chi connectivity index (χ2n) is 6.12. The SMILES string of the molecule is CCNC(=NCc1nccn1CC(C)C)NCC(O)c1ccc(Cl)s1. The average Bonchev–Trinajstić information content (AvgIpc) is 3.18. The fraction of sp³-hybridized carbons (Fsp3) is 0.529. The van der Waals surface area contributed by atoms with Gasteiger partial charge in [-0.3, -0.25) is 0 Å². The average molecular weight is 384 g/mol. The van der Waals surface area contributed by atoms with Gasteiger partial charge in [-0.05, 0) is 25.0 Å². The second kappa shape index (κ2) is 9.79. The zero-order chi connectivity index (χ0) is 18.2. The van der Waals surface area contributed by atoms with E-state index < -0.39 is 6.10 Å². The Bertz CT molecular complexity index is 682. The van der Waals surface area contributed by atoms with Gasteiger partial charge in [-0.15, -0.1) is 11.3 Å². The predicted octanol–water partition coefficient (Wildman–Crippen LogP) is 3.04. The van der Waals surface area contributed by atoms with E-state index in [-0.39, 0.29) is 0 Å². The van der Waals surface area contributed by atoms with Crippen LogP contribution in [0.15, 0.2) is 29.5 Å². The van der Waals surface area contributed by atoms with E-state index in [1.807, 2.05) is 19.2 Å². The third kappa shape index (κ3) is 6.34. The quantitative estimate of drug-likeness (QED) is 0.483. The normalized spacial score (nSPS) is 13.3. The van der Waals surface area contributed by atoms with Gasteiger partial charge in [-0.2, -0.15) is 0 Å². The summed E-state index contributed by atoms with van der Waals surface area (Å²) < 4.78 is 2.80. The number of hydrogen-bond acceptors (Lipinski definition) is 4. The van der Waals surface area contributed by atoms with Gasteiger partial charge in [0.15, 0.2) is 5.96 Å². The largest absolute Gasteiger partial charge is 0.386 e. The molecule has 3 N–H and O–H groups in total. The molecule has 0 saturated carbocycles. The van der Waals surface area contributed by atoms with Crippen molar-refractivity contribution in [1.29, 1.82) is 0 Å². The van der Waals surface area contributed by atoms with Gasteiger partial charge >= 0.3 is 0 Å². The fourth-order valence-electron chi connectivity index (χ4n) is 2.34. The van der Waals surface area contributed by atoms with E-state index in [9.17, 15) is 5.11 Å². The highest BCUT2D eigenvalue weighted by Crippen LogP contribution is 2.26. The van der Waals surface area contributed by atoms with Gasteiger partial charge in [0, 0.05) is 36.9 Å². The maximum atomic E-state index is 10.2. The van der Waals surface area contributed by atoms with Gasteiger partial charge in [-0.1, -0.05) is 25.4 Å². The number of aromatic nitrogens is 2. The van der Waals surface area contributed by atoms with Gasteiger partial charge in [0.05, 0.1) is 4.34 Å². The number of nitrogens with zero attached hydrogens (tertiary/aromatic N) is 3. The third-order valence-corrected chi connectivity index (χ3v) is 4.80. The Morgan fingerprint density at radius 2 is 2.20 bits per heavy atom. The van der Waals surface area contributed by atoms with E-state index in [0.29, 0.717) is 29.3 Å². The number of hydrogen-bond donors (Lipinski definition) is 3. The molecule has 0 aliphatic heterocycles. The van der Waals surface area contributed by atoms with Crippen LogP contribution in [-0.4, -0.2) is 33.7 Å². The minimum absolute atomic E-state index is 0.364. The molecule has 138 valence electrons. The Balaban J connectivity index is 1.95. The molecule has 2 rings (SSSR count). The number of thiophene rings is 1. The summed E-state index contributed by atoms with van der Waals surface area (Å²) in [6, 6.07) is 3.63. The molecule has 6 nitrogen and oxygen atoms in total. The zero-order valence-electron chi connectivity index (χ0n) is 14.9. The molecule has 0 amide bonds. The molecule has 0 radical (unpaired) electrons. The second-order valence-corrected chi connectivity index (χ2v) is 7.87. The number of aliphatic imine (C=N–C) groups is 1. The van der Waals surface area contributed by atoms with Gasteiger partial charge in [0.1, 0.15) is 18.5 Å². The lowest BCUT2D eigenvalue weighted by atomic mass is 10.2. The molecule has 8 heteroatoms. The van der Waals surface area contributed by atoms with Gasteiger partial charge < -0.3 is 20.3 Å². The lowest BCUT2D eigenvalue weighted by Crippen LogP contribution is -2.39. The highest BCUT2D eigenvalue weighted by Gasteiger charge is 2.11. The molecule has 25 heavy (non-hydrogen) atoms. The van der Waals surface area contributed by atoms with Crippen molar-refractivity contribution in [3.8, 4) is 0 Å². The number of guanidine groups is 1. The summed E-state index contributed by atoms with van der Waals surface area (Å²) >= 11 is 7.30. The van der Waals surface area contributed by atoms with Gasteiger partial charge in [-0.25, -0.2) is 9.98 Å². The monoisotopic (exact) mass is 383 g/mol. The van der Waals surface area contributed by atoms with E-state index in [1.54, 1.807) is 12.3 Å². The van der Waals surface area contributed by atoms with Crippen molar-refractivity contribution in [3.63, 3.8) is 0 Å². The summed E-state index contributed by atoms with van der Waals surface area (Å²) in [7, 11) is 0. The summed E-state index contributed by atoms with van der Waals surface area (Å²) in [5, 5.41) is 16.6. The Labute approximate surface area is 158 Å². The fourth-order valence-corrected chi connectivity index (χ4v) is 3.39. The molecule has 2 aromatic heterocycles. The Morgan fingerprint density at radius 3 is 2.84 bits per heavy atom. The van der Waals surface area contributed by atoms with Crippen LogP contribution in [0.2, 0.25) is 4.34 Å². The number of rotatable bonds is 8. The van der Waals surface area contributed by atoms with E-state index in [2.05, 4.69) is 39.0 Å². The minimum Gasteiger partial charge on any atom is -0.386 e. The van der Waals surface area contributed by atoms with E-state index in [1.165, 1.54) is 11.3 Å². The first-order valence-corrected chi connectivity index (χ1v) is 9.64. The summed E-state index contributed by atoms with van der Waals surface area (Å²) in [4.78, 5) is 9.79. The molecule has 2 heterocycles. The highest BCUT2D eigenvalue weighted by molar-refractivity contribution is 7.16. The third-order valence-electron chi connectivity index (χ3n) is 3.47. The van der Waals surface area contributed by atoms with Crippen molar-refractivity contribution in [2.45, 2.75) is 40.0 Å². The van der Waals surface area contributed by atoms with Crippen molar-refractivity contribution < 1.29 is 5.11 Å². The molecule has 0 fully saturated rings. The molecule has 0 aromatic carbocycles. The maximum Gasteiger partial charge on any atom is 0.191 e. The summed E-state index contributed by atoms with van der Waals surface area (Å²) in [5.41, 5.74) is 0. The van der Waals surface area contributed by atoms with Crippen LogP contribution in [0.25, 0.3) is 0 Å². The Morgan fingerprint density at radius 1 is 1.40 bits per heavy atom. The first-order chi connectivity index (χ1) is 12.0. The van der Waals surface area contributed by atoms with Crippen LogP contribution in [-0.2, 0) is 13.1 Å². The number of nitrogens with one attached hydrogen (secondary N) is 2. The predicted molar refractivity (Wildman–Crippen MR) is 104 cm³/mol. The molecular formula is C17H26ClN5OS. The van der Waals surface area contributed by atoms with Crippen LogP contribution in [0.1, 0.15) is 37.6 Å². The standard InChI is InChI=1S/C17H26ClN5OS/c1-4-19-17(21-9-13(24)14-5-6-15(18)25-14)22-10-16-20-7-8-23(16)11-12(2)3/h5-8,12-13,24H,4,9-11H2,1-3H3,(H2,19,21,22). The van der Waals surface area contributed by atoms with E-state index in [4.69, 9.17) is 11.6 Å². The minimum atomic E-state index is -0.621. The highest BCUT2D eigenvalue weighted by atomic mass is 35.5. The summed E-state index contributed by atoms with van der Waals surface area (Å²) in [5.74, 6) is 2.14. The van der Waals surface area contributed by atoms with Crippen molar-refractivity contribution in [2.75, 3.05) is 13.1 Å². The Hall–Kier alpha value is -1.57. The smallest absolute Gasteiger partial charge is 0.191 e. The van der Waals surface area contributed by atoms with Gasteiger partial charge in [0.2, 0.25) is 0 Å². The number of aliphatic hydroxyl groups excluding tert-OH is 1. The molecule has 0 bridgehead atoms. The van der Waals surface area contributed by atoms with Crippen LogP contribution >= 0.6 is 22.9 Å². The van der Waals surface area contributed by atoms with Crippen molar-refractivity contribution in [3.05, 3.63) is 39.6 Å². The molecule has 0 aliphatic carbocycles. The first kappa shape index (κ1) is 19.8. The Kier molecular flexibility index (Phi) is 7.74. The molecule has 0 saturated heterocycles. The molecular weight excluding hydrogens is 358 g/mol. The topological polar surface area (TPSA) is 74.5 Å². The number of imidazole rings is 1.